The monoisotopic (exact) mass is 326 g/mol. The fourth-order valence-corrected chi connectivity index (χ4v) is 2.98. The third-order valence-electron chi connectivity index (χ3n) is 3.30. The molecule has 0 spiro atoms. The van der Waals surface area contributed by atoms with E-state index in [-0.39, 0.29) is 0 Å². The summed E-state index contributed by atoms with van der Waals surface area (Å²) >= 11 is 1.40. The maximum absolute atomic E-state index is 11.9. The standard InChI is InChI=1S/C16H14N4O2S/c1-11-4-6-12(7-5-11)17-15-9-20(19-18-15)16(13(22)10-21)14-3-2-8-23-14/h2-10,16-17H,1H3. The minimum Gasteiger partial charge on any atom is -0.337 e. The number of nitrogens with zero attached hydrogens (tertiary/aromatic N) is 3. The van der Waals surface area contributed by atoms with Gasteiger partial charge in [-0.3, -0.25) is 9.59 Å². The highest BCUT2D eigenvalue weighted by atomic mass is 32.1. The van der Waals surface area contributed by atoms with Crippen molar-refractivity contribution in [3.05, 3.63) is 58.4 Å². The van der Waals surface area contributed by atoms with Gasteiger partial charge in [-0.1, -0.05) is 29.0 Å². The molecule has 0 radical (unpaired) electrons. The lowest BCUT2D eigenvalue weighted by atomic mass is 10.1. The summed E-state index contributed by atoms with van der Waals surface area (Å²) in [5.41, 5.74) is 2.03. The molecule has 2 aromatic heterocycles. The minimum absolute atomic E-state index is 0.319. The van der Waals surface area contributed by atoms with Crippen molar-refractivity contribution in [2.45, 2.75) is 13.0 Å². The number of rotatable bonds is 6. The number of carbonyl (C=O) groups is 2. The van der Waals surface area contributed by atoms with Gasteiger partial charge in [0.25, 0.3) is 0 Å². The number of anilines is 2. The first-order valence-corrected chi connectivity index (χ1v) is 7.83. The molecule has 6 nitrogen and oxygen atoms in total. The van der Waals surface area contributed by atoms with E-state index in [4.69, 9.17) is 0 Å². The van der Waals surface area contributed by atoms with Gasteiger partial charge in [-0.25, -0.2) is 4.68 Å². The van der Waals surface area contributed by atoms with E-state index < -0.39 is 11.8 Å². The van der Waals surface area contributed by atoms with Crippen molar-refractivity contribution in [2.75, 3.05) is 5.32 Å². The normalized spacial score (nSPS) is 11.9. The quantitative estimate of drug-likeness (QED) is 0.557. The zero-order chi connectivity index (χ0) is 16.2. The van der Waals surface area contributed by atoms with E-state index in [1.54, 1.807) is 12.3 Å². The molecule has 116 valence electrons. The van der Waals surface area contributed by atoms with Crippen LogP contribution in [0.15, 0.2) is 48.0 Å². The molecule has 0 fully saturated rings. The van der Waals surface area contributed by atoms with Crippen LogP contribution < -0.4 is 5.32 Å². The summed E-state index contributed by atoms with van der Waals surface area (Å²) < 4.78 is 1.40. The molecule has 2 heterocycles. The number of hydrogen-bond donors (Lipinski definition) is 1. The van der Waals surface area contributed by atoms with E-state index in [2.05, 4.69) is 15.6 Å². The average molecular weight is 326 g/mol. The van der Waals surface area contributed by atoms with Crippen LogP contribution in [-0.4, -0.2) is 27.1 Å². The molecule has 7 heteroatoms. The number of aldehydes is 1. The lowest BCUT2D eigenvalue weighted by Crippen LogP contribution is -2.21. The number of ketones is 1. The molecule has 0 bridgehead atoms. The molecular weight excluding hydrogens is 312 g/mol. The zero-order valence-electron chi connectivity index (χ0n) is 12.3. The van der Waals surface area contributed by atoms with Gasteiger partial charge in [-0.15, -0.1) is 16.4 Å². The molecule has 3 rings (SSSR count). The van der Waals surface area contributed by atoms with Crippen molar-refractivity contribution in [3.63, 3.8) is 0 Å². The second-order valence-corrected chi connectivity index (χ2v) is 5.99. The van der Waals surface area contributed by atoms with Crippen molar-refractivity contribution < 1.29 is 9.59 Å². The minimum atomic E-state index is -0.770. The Bertz CT molecular complexity index is 809. The smallest absolute Gasteiger partial charge is 0.225 e. The maximum atomic E-state index is 11.9. The number of aromatic nitrogens is 3. The van der Waals surface area contributed by atoms with Crippen LogP contribution >= 0.6 is 11.3 Å². The van der Waals surface area contributed by atoms with Crippen molar-refractivity contribution >= 4 is 34.9 Å². The fourth-order valence-electron chi connectivity index (χ4n) is 2.16. The molecule has 1 atom stereocenters. The fraction of sp³-hybridized carbons (Fsp3) is 0.125. The summed E-state index contributed by atoms with van der Waals surface area (Å²) in [7, 11) is 0. The van der Waals surface area contributed by atoms with Crippen LogP contribution in [0.25, 0.3) is 0 Å². The highest BCUT2D eigenvalue weighted by Crippen LogP contribution is 2.24. The molecule has 3 aromatic rings. The zero-order valence-corrected chi connectivity index (χ0v) is 13.2. The van der Waals surface area contributed by atoms with Crippen LogP contribution in [0.4, 0.5) is 11.5 Å². The van der Waals surface area contributed by atoms with Gasteiger partial charge in [0.1, 0.15) is 0 Å². The molecule has 0 amide bonds. The number of nitrogens with one attached hydrogen (secondary N) is 1. The summed E-state index contributed by atoms with van der Waals surface area (Å²) in [6, 6.07) is 10.7. The van der Waals surface area contributed by atoms with E-state index in [1.165, 1.54) is 16.0 Å². The van der Waals surface area contributed by atoms with Crippen molar-refractivity contribution in [3.8, 4) is 0 Å². The van der Waals surface area contributed by atoms with Gasteiger partial charge in [0, 0.05) is 10.6 Å². The lowest BCUT2D eigenvalue weighted by Gasteiger charge is -2.10. The van der Waals surface area contributed by atoms with E-state index >= 15 is 0 Å². The Balaban J connectivity index is 1.85. The van der Waals surface area contributed by atoms with Gasteiger partial charge in [-0.2, -0.15) is 0 Å². The lowest BCUT2D eigenvalue weighted by molar-refractivity contribution is -0.131. The highest BCUT2D eigenvalue weighted by Gasteiger charge is 2.24. The van der Waals surface area contributed by atoms with Crippen LogP contribution in [0.5, 0.6) is 0 Å². The number of carbonyl (C=O) groups excluding carboxylic acids is 2. The van der Waals surface area contributed by atoms with E-state index in [9.17, 15) is 9.59 Å². The molecule has 0 saturated heterocycles. The summed E-state index contributed by atoms with van der Waals surface area (Å²) in [5, 5.41) is 13.0. The van der Waals surface area contributed by atoms with Crippen LogP contribution in [0.1, 0.15) is 16.5 Å². The highest BCUT2D eigenvalue weighted by molar-refractivity contribution is 7.10. The summed E-state index contributed by atoms with van der Waals surface area (Å²) in [6.07, 6.45) is 1.94. The SMILES string of the molecule is Cc1ccc(Nc2cn(C(C(=O)C=O)c3cccs3)nn2)cc1. The van der Waals surface area contributed by atoms with Gasteiger partial charge in [0.05, 0.1) is 6.20 Å². The van der Waals surface area contributed by atoms with Crippen LogP contribution in [0, 0.1) is 6.92 Å². The second kappa shape index (κ2) is 6.53. The topological polar surface area (TPSA) is 76.9 Å². The molecule has 0 aliphatic rings. The summed E-state index contributed by atoms with van der Waals surface area (Å²) in [4.78, 5) is 23.6. The number of hydrogen-bond acceptors (Lipinski definition) is 6. The Morgan fingerprint density at radius 3 is 2.74 bits per heavy atom. The first-order chi connectivity index (χ1) is 11.2. The Morgan fingerprint density at radius 2 is 2.09 bits per heavy atom. The number of thiophene rings is 1. The number of benzene rings is 1. The number of Topliss-reactive ketones (excluding diaryl/α,β-unsaturated/α-hetero) is 1. The van der Waals surface area contributed by atoms with Crippen LogP contribution in [0.3, 0.4) is 0 Å². The summed E-state index contributed by atoms with van der Waals surface area (Å²) in [5.74, 6) is -0.0478. The molecular formula is C16H14N4O2S. The third kappa shape index (κ3) is 3.35. The first kappa shape index (κ1) is 15.1. The van der Waals surface area contributed by atoms with Gasteiger partial charge >= 0.3 is 0 Å². The third-order valence-corrected chi connectivity index (χ3v) is 4.22. The molecule has 0 aliphatic carbocycles. The Morgan fingerprint density at radius 1 is 1.30 bits per heavy atom. The molecule has 1 unspecified atom stereocenters. The largest absolute Gasteiger partial charge is 0.337 e. The summed E-state index contributed by atoms with van der Waals surface area (Å²) in [6.45, 7) is 2.01. The van der Waals surface area contributed by atoms with Gasteiger partial charge in [-0.05, 0) is 30.5 Å². The maximum Gasteiger partial charge on any atom is 0.225 e. The van der Waals surface area contributed by atoms with Gasteiger partial charge in [0.15, 0.2) is 18.1 Å². The van der Waals surface area contributed by atoms with Crippen molar-refractivity contribution in [1.82, 2.24) is 15.0 Å². The van der Waals surface area contributed by atoms with Gasteiger partial charge < -0.3 is 5.32 Å². The van der Waals surface area contributed by atoms with Crippen molar-refractivity contribution in [1.29, 1.82) is 0 Å². The molecule has 1 N–H and O–H groups in total. The molecule has 0 saturated carbocycles. The Kier molecular flexibility index (Phi) is 4.29. The van der Waals surface area contributed by atoms with E-state index in [1.807, 2.05) is 42.6 Å². The second-order valence-electron chi connectivity index (χ2n) is 5.01. The Labute approximate surface area is 136 Å². The van der Waals surface area contributed by atoms with Gasteiger partial charge in [0.2, 0.25) is 5.78 Å². The van der Waals surface area contributed by atoms with E-state index in [0.29, 0.717) is 12.1 Å². The molecule has 0 aliphatic heterocycles. The first-order valence-electron chi connectivity index (χ1n) is 6.95. The number of aryl methyl sites for hydroxylation is 1. The predicted molar refractivity (Wildman–Crippen MR) is 88.0 cm³/mol. The molecule has 1 aromatic carbocycles. The molecule has 23 heavy (non-hydrogen) atoms. The van der Waals surface area contributed by atoms with Crippen LogP contribution in [-0.2, 0) is 9.59 Å². The average Bonchev–Trinajstić information content (AvgIpc) is 3.22. The van der Waals surface area contributed by atoms with Crippen LogP contribution in [0.2, 0.25) is 0 Å². The van der Waals surface area contributed by atoms with Crippen molar-refractivity contribution in [2.24, 2.45) is 0 Å². The Hall–Kier alpha value is -2.80. The predicted octanol–water partition coefficient (Wildman–Crippen LogP) is 2.75. The van der Waals surface area contributed by atoms with E-state index in [0.717, 1.165) is 16.1 Å².